The van der Waals surface area contributed by atoms with Gasteiger partial charge in [-0.05, 0) is 30.2 Å². The summed E-state index contributed by atoms with van der Waals surface area (Å²) in [5.74, 6) is -0.0107. The second-order valence-electron chi connectivity index (χ2n) is 5.29. The number of phenols is 1. The molecule has 2 aromatic carbocycles. The molecule has 0 saturated heterocycles. The number of para-hydroxylation sites is 2. The van der Waals surface area contributed by atoms with Crippen molar-refractivity contribution in [1.29, 1.82) is 0 Å². The third-order valence-electron chi connectivity index (χ3n) is 3.72. The van der Waals surface area contributed by atoms with Crippen LogP contribution in [-0.2, 0) is 11.2 Å². The number of aromatic nitrogens is 1. The van der Waals surface area contributed by atoms with Crippen molar-refractivity contribution in [3.63, 3.8) is 0 Å². The Hall–Kier alpha value is -3.01. The summed E-state index contributed by atoms with van der Waals surface area (Å²) in [5.41, 5.74) is 2.91. The molecule has 23 heavy (non-hydrogen) atoms. The lowest BCUT2D eigenvalue weighted by Crippen LogP contribution is -2.23. The molecule has 0 aliphatic heterocycles. The van der Waals surface area contributed by atoms with Gasteiger partial charge in [-0.1, -0.05) is 36.4 Å². The number of carbonyl (C=O) groups excluding carboxylic acids is 1. The molecule has 0 radical (unpaired) electrons. The summed E-state index contributed by atoms with van der Waals surface area (Å²) in [6, 6.07) is 15.0. The molecule has 3 rings (SSSR count). The van der Waals surface area contributed by atoms with Crippen LogP contribution in [0.2, 0.25) is 0 Å². The predicted octanol–water partition coefficient (Wildman–Crippen LogP) is 3.25. The summed E-state index contributed by atoms with van der Waals surface area (Å²) in [5, 5.41) is 13.7. The van der Waals surface area contributed by atoms with Gasteiger partial charge >= 0.3 is 0 Å². The average Bonchev–Trinajstić information content (AvgIpc) is 2.98. The maximum absolute atomic E-state index is 11.8. The van der Waals surface area contributed by atoms with Crippen LogP contribution in [-0.4, -0.2) is 22.5 Å². The lowest BCUT2D eigenvalue weighted by atomic mass is 10.1. The average molecular weight is 306 g/mol. The summed E-state index contributed by atoms with van der Waals surface area (Å²) in [7, 11) is 0. The van der Waals surface area contributed by atoms with Crippen molar-refractivity contribution in [3.05, 3.63) is 71.9 Å². The SMILES string of the molecule is O=C(C=Cc1ccccc1O)NCCc1c[nH]c2ccccc12. The van der Waals surface area contributed by atoms with E-state index in [1.807, 2.05) is 30.5 Å². The van der Waals surface area contributed by atoms with Crippen molar-refractivity contribution < 1.29 is 9.90 Å². The van der Waals surface area contributed by atoms with Crippen LogP contribution in [0.25, 0.3) is 17.0 Å². The lowest BCUT2D eigenvalue weighted by Gasteiger charge is -2.02. The zero-order chi connectivity index (χ0) is 16.1. The quantitative estimate of drug-likeness (QED) is 0.634. The Morgan fingerprint density at radius 3 is 2.78 bits per heavy atom. The summed E-state index contributed by atoms with van der Waals surface area (Å²) < 4.78 is 0. The van der Waals surface area contributed by atoms with E-state index in [0.29, 0.717) is 12.1 Å². The molecular formula is C19H18N2O2. The van der Waals surface area contributed by atoms with Crippen molar-refractivity contribution in [2.24, 2.45) is 0 Å². The topological polar surface area (TPSA) is 65.1 Å². The Morgan fingerprint density at radius 2 is 1.91 bits per heavy atom. The molecule has 4 heteroatoms. The van der Waals surface area contributed by atoms with Crippen molar-refractivity contribution in [3.8, 4) is 5.75 Å². The van der Waals surface area contributed by atoms with Gasteiger partial charge in [0.2, 0.25) is 5.91 Å². The van der Waals surface area contributed by atoms with Crippen molar-refractivity contribution in [1.82, 2.24) is 10.3 Å². The molecule has 0 unspecified atom stereocenters. The number of benzene rings is 2. The van der Waals surface area contributed by atoms with Crippen LogP contribution in [0.3, 0.4) is 0 Å². The van der Waals surface area contributed by atoms with E-state index < -0.39 is 0 Å². The number of aromatic hydroxyl groups is 1. The molecule has 3 aromatic rings. The smallest absolute Gasteiger partial charge is 0.244 e. The third kappa shape index (κ3) is 3.61. The van der Waals surface area contributed by atoms with Gasteiger partial charge in [0.25, 0.3) is 0 Å². The van der Waals surface area contributed by atoms with E-state index in [-0.39, 0.29) is 11.7 Å². The van der Waals surface area contributed by atoms with Crippen LogP contribution in [0.5, 0.6) is 5.75 Å². The largest absolute Gasteiger partial charge is 0.507 e. The van der Waals surface area contributed by atoms with E-state index in [2.05, 4.69) is 16.4 Å². The Labute approximate surface area is 134 Å². The number of carbonyl (C=O) groups is 1. The molecule has 3 N–H and O–H groups in total. The zero-order valence-corrected chi connectivity index (χ0v) is 12.6. The Morgan fingerprint density at radius 1 is 1.13 bits per heavy atom. The van der Waals surface area contributed by atoms with Gasteiger partial charge in [0.05, 0.1) is 0 Å². The number of aromatic amines is 1. The highest BCUT2D eigenvalue weighted by Crippen LogP contribution is 2.18. The predicted molar refractivity (Wildman–Crippen MR) is 92.2 cm³/mol. The van der Waals surface area contributed by atoms with Gasteiger partial charge in [-0.2, -0.15) is 0 Å². The van der Waals surface area contributed by atoms with E-state index in [0.717, 1.165) is 11.9 Å². The number of fused-ring (bicyclic) bond motifs is 1. The molecule has 1 amide bonds. The van der Waals surface area contributed by atoms with E-state index in [4.69, 9.17) is 0 Å². The second-order valence-corrected chi connectivity index (χ2v) is 5.29. The van der Waals surface area contributed by atoms with Crippen LogP contribution >= 0.6 is 0 Å². The van der Waals surface area contributed by atoms with Gasteiger partial charge < -0.3 is 15.4 Å². The minimum absolute atomic E-state index is 0.162. The normalized spacial score (nSPS) is 11.1. The maximum atomic E-state index is 11.8. The fourth-order valence-electron chi connectivity index (χ4n) is 2.51. The molecule has 0 fully saturated rings. The van der Waals surface area contributed by atoms with Crippen LogP contribution < -0.4 is 5.32 Å². The number of amides is 1. The van der Waals surface area contributed by atoms with Gasteiger partial charge in [-0.3, -0.25) is 4.79 Å². The summed E-state index contributed by atoms with van der Waals surface area (Å²) >= 11 is 0. The highest BCUT2D eigenvalue weighted by atomic mass is 16.3. The molecule has 0 aliphatic rings. The van der Waals surface area contributed by atoms with E-state index >= 15 is 0 Å². The molecule has 0 bridgehead atoms. The Balaban J connectivity index is 1.54. The van der Waals surface area contributed by atoms with Crippen LogP contribution in [0.1, 0.15) is 11.1 Å². The maximum Gasteiger partial charge on any atom is 0.244 e. The minimum Gasteiger partial charge on any atom is -0.507 e. The number of H-pyrrole nitrogens is 1. The first-order valence-corrected chi connectivity index (χ1v) is 7.53. The molecule has 0 spiro atoms. The lowest BCUT2D eigenvalue weighted by molar-refractivity contribution is -0.116. The van der Waals surface area contributed by atoms with Gasteiger partial charge in [-0.25, -0.2) is 0 Å². The number of hydrogen-bond donors (Lipinski definition) is 3. The second kappa shape index (κ2) is 6.83. The summed E-state index contributed by atoms with van der Waals surface area (Å²) in [6.45, 7) is 0.561. The molecule has 1 heterocycles. The molecule has 4 nitrogen and oxygen atoms in total. The van der Waals surface area contributed by atoms with Crippen molar-refractivity contribution in [2.45, 2.75) is 6.42 Å². The molecule has 1 aromatic heterocycles. The standard InChI is InChI=1S/C19H18N2O2/c22-18-8-4-1-5-14(18)9-10-19(23)20-12-11-15-13-21-17-7-3-2-6-16(15)17/h1-10,13,21-22H,11-12H2,(H,20,23). The molecular weight excluding hydrogens is 288 g/mol. The fourth-order valence-corrected chi connectivity index (χ4v) is 2.51. The van der Waals surface area contributed by atoms with Crippen LogP contribution in [0.15, 0.2) is 60.8 Å². The first kappa shape index (κ1) is 14.9. The van der Waals surface area contributed by atoms with E-state index in [1.165, 1.54) is 17.0 Å². The molecule has 116 valence electrons. The first-order valence-electron chi connectivity index (χ1n) is 7.53. The molecule has 0 aliphatic carbocycles. The zero-order valence-electron chi connectivity index (χ0n) is 12.6. The van der Waals surface area contributed by atoms with E-state index in [1.54, 1.807) is 24.3 Å². The Kier molecular flexibility index (Phi) is 4.43. The summed E-state index contributed by atoms with van der Waals surface area (Å²) in [4.78, 5) is 15.1. The van der Waals surface area contributed by atoms with Crippen molar-refractivity contribution in [2.75, 3.05) is 6.54 Å². The number of phenolic OH excluding ortho intramolecular Hbond substituents is 1. The van der Waals surface area contributed by atoms with E-state index in [9.17, 15) is 9.90 Å². The first-order chi connectivity index (χ1) is 11.2. The minimum atomic E-state index is -0.173. The highest BCUT2D eigenvalue weighted by Gasteiger charge is 2.03. The van der Waals surface area contributed by atoms with Gasteiger partial charge in [-0.15, -0.1) is 0 Å². The molecule has 0 atom stereocenters. The van der Waals surface area contributed by atoms with Gasteiger partial charge in [0, 0.05) is 35.3 Å². The Bertz CT molecular complexity index is 849. The van der Waals surface area contributed by atoms with Gasteiger partial charge in [0.15, 0.2) is 0 Å². The van der Waals surface area contributed by atoms with Crippen LogP contribution in [0, 0.1) is 0 Å². The number of hydrogen-bond acceptors (Lipinski definition) is 2. The van der Waals surface area contributed by atoms with Crippen molar-refractivity contribution >= 4 is 22.9 Å². The number of rotatable bonds is 5. The van der Waals surface area contributed by atoms with Crippen LogP contribution in [0.4, 0.5) is 0 Å². The monoisotopic (exact) mass is 306 g/mol. The fraction of sp³-hybridized carbons (Fsp3) is 0.105. The van der Waals surface area contributed by atoms with Gasteiger partial charge in [0.1, 0.15) is 5.75 Å². The third-order valence-corrected chi connectivity index (χ3v) is 3.72. The summed E-state index contributed by atoms with van der Waals surface area (Å²) in [6.07, 6.45) is 5.79. The highest BCUT2D eigenvalue weighted by molar-refractivity contribution is 5.92. The molecule has 0 saturated carbocycles. The number of nitrogens with one attached hydrogen (secondary N) is 2.